The predicted octanol–water partition coefficient (Wildman–Crippen LogP) is 3.29. The SMILES string of the molecule is O/N=C1CCCCCC\C=C/1Cl. The maximum Gasteiger partial charge on any atom is 0.0978 e. The van der Waals surface area contributed by atoms with Gasteiger partial charge in [-0.25, -0.2) is 0 Å². The zero-order valence-corrected chi connectivity index (χ0v) is 7.85. The van der Waals surface area contributed by atoms with Crippen LogP contribution in [0.2, 0.25) is 0 Å². The molecule has 0 fully saturated rings. The largest absolute Gasteiger partial charge is 0.411 e. The van der Waals surface area contributed by atoms with Gasteiger partial charge in [-0.1, -0.05) is 35.7 Å². The van der Waals surface area contributed by atoms with Crippen LogP contribution in [0.25, 0.3) is 0 Å². The molecular formula is C9H14ClNO. The molecule has 0 aliphatic heterocycles. The first kappa shape index (κ1) is 9.59. The van der Waals surface area contributed by atoms with Crippen molar-refractivity contribution in [1.29, 1.82) is 0 Å². The molecule has 0 amide bonds. The van der Waals surface area contributed by atoms with Gasteiger partial charge in [-0.05, 0) is 25.7 Å². The second kappa shape index (κ2) is 5.20. The van der Waals surface area contributed by atoms with Crippen LogP contribution >= 0.6 is 11.6 Å². The molecular weight excluding hydrogens is 174 g/mol. The average Bonchev–Trinajstić information content (AvgIpc) is 2.17. The lowest BCUT2D eigenvalue weighted by Crippen LogP contribution is -1.97. The predicted molar refractivity (Wildman–Crippen MR) is 50.9 cm³/mol. The summed E-state index contributed by atoms with van der Waals surface area (Å²) in [5, 5.41) is 12.4. The third-order valence-electron chi connectivity index (χ3n) is 2.09. The van der Waals surface area contributed by atoms with Gasteiger partial charge in [0.1, 0.15) is 0 Å². The van der Waals surface area contributed by atoms with E-state index in [2.05, 4.69) is 5.16 Å². The second-order valence-electron chi connectivity index (χ2n) is 3.05. The first-order chi connectivity index (χ1) is 5.84. The monoisotopic (exact) mass is 187 g/mol. The molecule has 0 heterocycles. The Balaban J connectivity index is 2.62. The molecule has 1 rings (SSSR count). The highest BCUT2D eigenvalue weighted by molar-refractivity contribution is 6.43. The molecule has 12 heavy (non-hydrogen) atoms. The molecule has 1 aliphatic rings. The molecule has 0 bridgehead atoms. The Hall–Kier alpha value is -0.500. The lowest BCUT2D eigenvalue weighted by molar-refractivity contribution is 0.318. The molecule has 1 aliphatic carbocycles. The van der Waals surface area contributed by atoms with Gasteiger partial charge in [-0.2, -0.15) is 0 Å². The zero-order chi connectivity index (χ0) is 8.81. The number of hydrogen-bond donors (Lipinski definition) is 1. The molecule has 1 N–H and O–H groups in total. The third kappa shape index (κ3) is 2.86. The normalized spacial score (nSPS) is 28.4. The molecule has 0 aromatic heterocycles. The molecule has 0 aromatic rings. The van der Waals surface area contributed by atoms with Crippen molar-refractivity contribution in [2.45, 2.75) is 38.5 Å². The van der Waals surface area contributed by atoms with E-state index in [-0.39, 0.29) is 0 Å². The minimum atomic E-state index is 0.624. The highest BCUT2D eigenvalue weighted by Gasteiger charge is 2.06. The molecule has 2 nitrogen and oxygen atoms in total. The summed E-state index contributed by atoms with van der Waals surface area (Å²) in [6, 6.07) is 0. The molecule has 3 heteroatoms. The van der Waals surface area contributed by atoms with Crippen LogP contribution in [-0.4, -0.2) is 10.9 Å². The molecule has 0 atom stereocenters. The summed E-state index contributed by atoms with van der Waals surface area (Å²) in [6.45, 7) is 0. The molecule has 0 saturated heterocycles. The van der Waals surface area contributed by atoms with Crippen molar-refractivity contribution >= 4 is 17.3 Å². The van der Waals surface area contributed by atoms with Crippen molar-refractivity contribution in [3.05, 3.63) is 11.1 Å². The van der Waals surface area contributed by atoms with Gasteiger partial charge in [-0.15, -0.1) is 0 Å². The summed E-state index contributed by atoms with van der Waals surface area (Å²) in [7, 11) is 0. The van der Waals surface area contributed by atoms with Crippen LogP contribution in [0.5, 0.6) is 0 Å². The Kier molecular flexibility index (Phi) is 4.15. The fourth-order valence-corrected chi connectivity index (χ4v) is 1.60. The number of oxime groups is 1. The van der Waals surface area contributed by atoms with E-state index >= 15 is 0 Å². The Morgan fingerprint density at radius 3 is 2.75 bits per heavy atom. The maximum absolute atomic E-state index is 8.63. The van der Waals surface area contributed by atoms with Crippen molar-refractivity contribution in [3.8, 4) is 0 Å². The highest BCUT2D eigenvalue weighted by Crippen LogP contribution is 2.17. The number of allylic oxidation sites excluding steroid dienone is 2. The fraction of sp³-hybridized carbons (Fsp3) is 0.667. The quantitative estimate of drug-likeness (QED) is 0.458. The minimum absolute atomic E-state index is 0.624. The number of hydrogen-bond acceptors (Lipinski definition) is 2. The van der Waals surface area contributed by atoms with E-state index < -0.39 is 0 Å². The van der Waals surface area contributed by atoms with Gasteiger partial charge in [0.05, 0.1) is 10.7 Å². The van der Waals surface area contributed by atoms with E-state index in [0.29, 0.717) is 10.7 Å². The van der Waals surface area contributed by atoms with E-state index in [0.717, 1.165) is 19.3 Å². The number of halogens is 1. The van der Waals surface area contributed by atoms with Crippen LogP contribution in [0.1, 0.15) is 38.5 Å². The summed E-state index contributed by atoms with van der Waals surface area (Å²) in [4.78, 5) is 0. The Labute approximate surface area is 77.9 Å². The van der Waals surface area contributed by atoms with E-state index in [1.807, 2.05) is 6.08 Å². The highest BCUT2D eigenvalue weighted by atomic mass is 35.5. The fourth-order valence-electron chi connectivity index (χ4n) is 1.35. The standard InChI is InChI=1S/C9H14ClNO/c10-8-6-4-2-1-3-5-7-9(8)11-12/h6,12H,1-5,7H2/b8-6+,11-9-. The van der Waals surface area contributed by atoms with Crippen molar-refractivity contribution in [2.24, 2.45) is 5.16 Å². The van der Waals surface area contributed by atoms with Crippen LogP contribution in [0.4, 0.5) is 0 Å². The summed E-state index contributed by atoms with van der Waals surface area (Å²) in [5.74, 6) is 0. The van der Waals surface area contributed by atoms with Gasteiger partial charge in [0.15, 0.2) is 0 Å². The molecule has 0 radical (unpaired) electrons. The molecule has 0 aromatic carbocycles. The zero-order valence-electron chi connectivity index (χ0n) is 7.09. The Bertz CT molecular complexity index is 199. The smallest absolute Gasteiger partial charge is 0.0978 e. The van der Waals surface area contributed by atoms with Crippen LogP contribution in [0, 0.1) is 0 Å². The summed E-state index contributed by atoms with van der Waals surface area (Å²) in [5.41, 5.74) is 0.638. The van der Waals surface area contributed by atoms with Gasteiger partial charge < -0.3 is 5.21 Å². The Morgan fingerprint density at radius 1 is 1.25 bits per heavy atom. The number of nitrogens with zero attached hydrogens (tertiary/aromatic N) is 1. The molecule has 0 spiro atoms. The van der Waals surface area contributed by atoms with E-state index in [1.165, 1.54) is 19.3 Å². The van der Waals surface area contributed by atoms with Crippen LogP contribution in [-0.2, 0) is 0 Å². The first-order valence-electron chi connectivity index (χ1n) is 4.41. The third-order valence-corrected chi connectivity index (χ3v) is 2.46. The summed E-state index contributed by atoms with van der Waals surface area (Å²) < 4.78 is 0. The van der Waals surface area contributed by atoms with Crippen LogP contribution < -0.4 is 0 Å². The van der Waals surface area contributed by atoms with Gasteiger partial charge >= 0.3 is 0 Å². The van der Waals surface area contributed by atoms with Crippen LogP contribution in [0.3, 0.4) is 0 Å². The molecule has 0 unspecified atom stereocenters. The Morgan fingerprint density at radius 2 is 2.00 bits per heavy atom. The van der Waals surface area contributed by atoms with E-state index in [1.54, 1.807) is 0 Å². The maximum atomic E-state index is 8.63. The van der Waals surface area contributed by atoms with E-state index in [4.69, 9.17) is 16.8 Å². The number of rotatable bonds is 0. The van der Waals surface area contributed by atoms with Crippen molar-refractivity contribution in [2.75, 3.05) is 0 Å². The van der Waals surface area contributed by atoms with Gasteiger partial charge in [0.2, 0.25) is 0 Å². The van der Waals surface area contributed by atoms with Crippen LogP contribution in [0.15, 0.2) is 16.3 Å². The summed E-state index contributed by atoms with van der Waals surface area (Å²) >= 11 is 5.90. The van der Waals surface area contributed by atoms with Crippen molar-refractivity contribution in [3.63, 3.8) is 0 Å². The van der Waals surface area contributed by atoms with Crippen molar-refractivity contribution < 1.29 is 5.21 Å². The van der Waals surface area contributed by atoms with Crippen molar-refractivity contribution in [1.82, 2.24) is 0 Å². The van der Waals surface area contributed by atoms with Gasteiger partial charge in [-0.3, -0.25) is 0 Å². The lowest BCUT2D eigenvalue weighted by Gasteiger charge is -1.99. The average molecular weight is 188 g/mol. The molecule has 0 saturated carbocycles. The lowest BCUT2D eigenvalue weighted by atomic mass is 10.1. The van der Waals surface area contributed by atoms with Gasteiger partial charge in [0, 0.05) is 0 Å². The summed E-state index contributed by atoms with van der Waals surface area (Å²) in [6.07, 6.45) is 8.46. The minimum Gasteiger partial charge on any atom is -0.411 e. The second-order valence-corrected chi connectivity index (χ2v) is 3.46. The van der Waals surface area contributed by atoms with E-state index in [9.17, 15) is 0 Å². The van der Waals surface area contributed by atoms with Gasteiger partial charge in [0.25, 0.3) is 0 Å². The molecule has 68 valence electrons. The first-order valence-corrected chi connectivity index (χ1v) is 4.79. The topological polar surface area (TPSA) is 32.6 Å².